The number of hydrogen-bond acceptors (Lipinski definition) is 3. The Morgan fingerprint density at radius 2 is 1.74 bits per heavy atom. The first-order valence-electron chi connectivity index (χ1n) is 9.96. The van der Waals surface area contributed by atoms with Crippen molar-refractivity contribution < 1.29 is 18.1 Å². The van der Waals surface area contributed by atoms with Crippen molar-refractivity contribution in [2.24, 2.45) is 5.92 Å². The van der Waals surface area contributed by atoms with Crippen molar-refractivity contribution >= 4 is 15.9 Å². The minimum atomic E-state index is -3.50. The van der Waals surface area contributed by atoms with Gasteiger partial charge in [0.1, 0.15) is 0 Å². The second-order valence-corrected chi connectivity index (χ2v) is 10.1. The zero-order valence-electron chi connectivity index (χ0n) is 16.7. The zero-order chi connectivity index (χ0) is 19.6. The van der Waals surface area contributed by atoms with Crippen molar-refractivity contribution in [2.45, 2.75) is 38.5 Å². The van der Waals surface area contributed by atoms with Gasteiger partial charge in [0, 0.05) is 26.2 Å². The van der Waals surface area contributed by atoms with E-state index in [2.05, 4.69) is 6.92 Å². The molecule has 0 bridgehead atoms. The minimum absolute atomic E-state index is 0.156. The topological polar surface area (TPSA) is 62.1 Å². The lowest BCUT2D eigenvalue weighted by Gasteiger charge is -2.35. The molecule has 0 unspecified atom stereocenters. The van der Waals surface area contributed by atoms with Crippen LogP contribution in [0.1, 0.15) is 30.9 Å². The molecular formula is C20H32N3O3S+. The third-order valence-electron chi connectivity index (χ3n) is 5.92. The lowest BCUT2D eigenvalue weighted by molar-refractivity contribution is -0.898. The number of likely N-dealkylation sites (tertiary alicyclic amines) is 1. The van der Waals surface area contributed by atoms with Crippen LogP contribution in [0.15, 0.2) is 23.1 Å². The van der Waals surface area contributed by atoms with Crippen LogP contribution in [0.25, 0.3) is 0 Å². The van der Waals surface area contributed by atoms with E-state index in [-0.39, 0.29) is 5.91 Å². The normalized spacial score (nSPS) is 24.8. The summed E-state index contributed by atoms with van der Waals surface area (Å²) in [5.74, 6) is 0.922. The highest BCUT2D eigenvalue weighted by molar-refractivity contribution is 7.89. The van der Waals surface area contributed by atoms with Crippen LogP contribution in [0, 0.1) is 19.8 Å². The summed E-state index contributed by atoms with van der Waals surface area (Å²) in [5, 5.41) is 0. The predicted molar refractivity (Wildman–Crippen MR) is 105 cm³/mol. The Morgan fingerprint density at radius 3 is 2.33 bits per heavy atom. The molecule has 7 heteroatoms. The molecule has 0 saturated carbocycles. The molecule has 2 aliphatic rings. The molecule has 0 radical (unpaired) electrons. The van der Waals surface area contributed by atoms with Gasteiger partial charge >= 0.3 is 0 Å². The number of nitrogens with zero attached hydrogens (tertiary/aromatic N) is 2. The molecule has 0 aromatic heterocycles. The van der Waals surface area contributed by atoms with Crippen molar-refractivity contribution in [3.05, 3.63) is 29.3 Å². The fraction of sp³-hybridized carbons (Fsp3) is 0.650. The summed E-state index contributed by atoms with van der Waals surface area (Å²) < 4.78 is 27.4. The summed E-state index contributed by atoms with van der Waals surface area (Å²) >= 11 is 0. The molecular weight excluding hydrogens is 362 g/mol. The number of nitrogens with one attached hydrogen (secondary N) is 1. The highest BCUT2D eigenvalue weighted by Gasteiger charge is 2.32. The van der Waals surface area contributed by atoms with Crippen LogP contribution in [-0.4, -0.2) is 69.3 Å². The van der Waals surface area contributed by atoms with Crippen LogP contribution in [0.2, 0.25) is 0 Å². The standard InChI is InChI=1S/C20H31N3O3S/c1-16-6-8-21(9-7-16)15-20(24)22-10-12-23(13-11-22)27(25,26)19-5-4-17(2)14-18(19)3/h4-5,14,16H,6-13,15H2,1-3H3/p+1. The maximum Gasteiger partial charge on any atom is 0.277 e. The molecule has 1 N–H and O–H groups in total. The Balaban J connectivity index is 1.57. The molecule has 0 spiro atoms. The van der Waals surface area contributed by atoms with Gasteiger partial charge in [-0.2, -0.15) is 4.31 Å². The van der Waals surface area contributed by atoms with E-state index in [9.17, 15) is 13.2 Å². The fourth-order valence-corrected chi connectivity index (χ4v) is 5.71. The Hall–Kier alpha value is -1.44. The number of benzene rings is 1. The number of amides is 1. The smallest absolute Gasteiger partial charge is 0.277 e. The van der Waals surface area contributed by atoms with Crippen LogP contribution in [0.3, 0.4) is 0 Å². The molecule has 2 aliphatic heterocycles. The predicted octanol–water partition coefficient (Wildman–Crippen LogP) is 0.451. The Morgan fingerprint density at radius 1 is 1.11 bits per heavy atom. The number of rotatable bonds is 4. The van der Waals surface area contributed by atoms with Crippen molar-refractivity contribution in [3.63, 3.8) is 0 Å². The molecule has 2 fully saturated rings. The van der Waals surface area contributed by atoms with E-state index < -0.39 is 10.0 Å². The highest BCUT2D eigenvalue weighted by atomic mass is 32.2. The number of quaternary nitrogens is 1. The molecule has 6 nitrogen and oxygen atoms in total. The lowest BCUT2D eigenvalue weighted by atomic mass is 9.99. The lowest BCUT2D eigenvalue weighted by Crippen LogP contribution is -3.14. The largest absolute Gasteiger partial charge is 0.335 e. The number of aryl methyl sites for hydroxylation is 2. The van der Waals surface area contributed by atoms with E-state index in [0.717, 1.165) is 30.1 Å². The first-order valence-corrected chi connectivity index (χ1v) is 11.4. The Bertz CT molecular complexity index is 778. The van der Waals surface area contributed by atoms with E-state index >= 15 is 0 Å². The Labute approximate surface area is 163 Å². The van der Waals surface area contributed by atoms with Crippen molar-refractivity contribution in [1.82, 2.24) is 9.21 Å². The third-order valence-corrected chi connectivity index (χ3v) is 7.98. The van der Waals surface area contributed by atoms with Crippen LogP contribution in [0.5, 0.6) is 0 Å². The summed E-state index contributed by atoms with van der Waals surface area (Å²) in [5.41, 5.74) is 1.83. The summed E-state index contributed by atoms with van der Waals surface area (Å²) in [4.78, 5) is 16.2. The molecule has 1 aromatic carbocycles. The van der Waals surface area contributed by atoms with E-state index in [1.807, 2.05) is 30.9 Å². The number of carbonyl (C=O) groups is 1. The molecule has 150 valence electrons. The first kappa shape index (κ1) is 20.3. The van der Waals surface area contributed by atoms with Gasteiger partial charge in [-0.05, 0) is 44.2 Å². The second kappa shape index (κ2) is 8.29. The maximum absolute atomic E-state index is 13.0. The summed E-state index contributed by atoms with van der Waals surface area (Å²) in [7, 11) is -3.50. The highest BCUT2D eigenvalue weighted by Crippen LogP contribution is 2.22. The molecule has 0 atom stereocenters. The molecule has 1 amide bonds. The van der Waals surface area contributed by atoms with E-state index in [1.54, 1.807) is 6.07 Å². The zero-order valence-corrected chi connectivity index (χ0v) is 17.5. The minimum Gasteiger partial charge on any atom is -0.335 e. The van der Waals surface area contributed by atoms with Crippen molar-refractivity contribution in [2.75, 3.05) is 45.8 Å². The number of carbonyl (C=O) groups excluding carboxylic acids is 1. The number of piperidine rings is 1. The van der Waals surface area contributed by atoms with E-state index in [1.165, 1.54) is 22.0 Å². The van der Waals surface area contributed by atoms with Crippen LogP contribution >= 0.6 is 0 Å². The van der Waals surface area contributed by atoms with Crippen LogP contribution in [-0.2, 0) is 14.8 Å². The number of sulfonamides is 1. The SMILES string of the molecule is Cc1ccc(S(=O)(=O)N2CCN(C(=O)C[NH+]3CCC(C)CC3)CC2)c(C)c1. The van der Waals surface area contributed by atoms with Gasteiger partial charge in [0.15, 0.2) is 6.54 Å². The summed E-state index contributed by atoms with van der Waals surface area (Å²) in [6, 6.07) is 5.43. The van der Waals surface area contributed by atoms with Gasteiger partial charge in [0.25, 0.3) is 5.91 Å². The number of hydrogen-bond donors (Lipinski definition) is 1. The van der Waals surface area contributed by atoms with Crippen molar-refractivity contribution in [1.29, 1.82) is 0 Å². The maximum atomic E-state index is 13.0. The van der Waals surface area contributed by atoms with Crippen LogP contribution < -0.4 is 4.90 Å². The van der Waals surface area contributed by atoms with Crippen molar-refractivity contribution in [3.8, 4) is 0 Å². The van der Waals surface area contributed by atoms with Gasteiger partial charge in [0.2, 0.25) is 10.0 Å². The van der Waals surface area contributed by atoms with Gasteiger partial charge in [-0.25, -0.2) is 8.42 Å². The average molecular weight is 395 g/mol. The monoisotopic (exact) mass is 394 g/mol. The molecule has 2 heterocycles. The van der Waals surface area contributed by atoms with Crippen LogP contribution in [0.4, 0.5) is 0 Å². The van der Waals surface area contributed by atoms with Gasteiger partial charge in [-0.3, -0.25) is 4.79 Å². The van der Waals surface area contributed by atoms with E-state index in [0.29, 0.717) is 37.6 Å². The average Bonchev–Trinajstić information content (AvgIpc) is 2.63. The quantitative estimate of drug-likeness (QED) is 0.807. The molecule has 2 saturated heterocycles. The first-order chi connectivity index (χ1) is 12.8. The van der Waals surface area contributed by atoms with Gasteiger partial charge in [-0.1, -0.05) is 24.6 Å². The number of piperazine rings is 1. The van der Waals surface area contributed by atoms with E-state index in [4.69, 9.17) is 0 Å². The second-order valence-electron chi connectivity index (χ2n) is 8.16. The third kappa shape index (κ3) is 4.70. The molecule has 27 heavy (non-hydrogen) atoms. The van der Waals surface area contributed by atoms with Gasteiger partial charge < -0.3 is 9.80 Å². The summed E-state index contributed by atoms with van der Waals surface area (Å²) in [6.07, 6.45) is 2.37. The molecule has 1 aromatic rings. The van der Waals surface area contributed by atoms with Gasteiger partial charge in [0.05, 0.1) is 18.0 Å². The fourth-order valence-electron chi connectivity index (χ4n) is 4.08. The van der Waals surface area contributed by atoms with Gasteiger partial charge in [-0.15, -0.1) is 0 Å². The summed E-state index contributed by atoms with van der Waals surface area (Å²) in [6.45, 7) is 10.4. The molecule has 3 rings (SSSR count). The molecule has 0 aliphatic carbocycles. The Kier molecular flexibility index (Phi) is 6.23.